The Morgan fingerprint density at radius 3 is 2.63 bits per heavy atom. The molecule has 1 aliphatic rings. The molecule has 2 N–H and O–H groups in total. The van der Waals surface area contributed by atoms with Crippen molar-refractivity contribution in [3.05, 3.63) is 29.6 Å². The summed E-state index contributed by atoms with van der Waals surface area (Å²) in [4.78, 5) is -0.486. The highest BCUT2D eigenvalue weighted by molar-refractivity contribution is 7.89. The molecule has 0 bridgehead atoms. The number of aliphatic hydroxyl groups is 1. The molecule has 0 saturated heterocycles. The van der Waals surface area contributed by atoms with Crippen LogP contribution in [0.25, 0.3) is 0 Å². The zero-order valence-electron chi connectivity index (χ0n) is 10.1. The fourth-order valence-corrected chi connectivity index (χ4v) is 2.90. The normalized spacial score (nSPS) is 16.9. The third-order valence-corrected chi connectivity index (χ3v) is 4.71. The first-order chi connectivity index (χ1) is 8.92. The molecule has 7 heteroatoms. The molecule has 2 rings (SSSR count). The molecule has 1 aliphatic carbocycles. The number of hydrogen-bond acceptors (Lipinski definition) is 4. The third-order valence-electron chi connectivity index (χ3n) is 3.28. The van der Waals surface area contributed by atoms with Gasteiger partial charge in [-0.2, -0.15) is 5.26 Å². The van der Waals surface area contributed by atoms with Crippen LogP contribution in [0.2, 0.25) is 0 Å². The number of halogens is 1. The Kier molecular flexibility index (Phi) is 3.58. The summed E-state index contributed by atoms with van der Waals surface area (Å²) in [6.07, 6.45) is 1.50. The third kappa shape index (κ3) is 2.92. The molecule has 0 unspecified atom stereocenters. The van der Waals surface area contributed by atoms with Gasteiger partial charge < -0.3 is 5.11 Å². The minimum Gasteiger partial charge on any atom is -0.396 e. The minimum absolute atomic E-state index is 0.0606. The fourth-order valence-electron chi connectivity index (χ4n) is 1.68. The van der Waals surface area contributed by atoms with Gasteiger partial charge in [0.15, 0.2) is 0 Å². The van der Waals surface area contributed by atoms with Crippen LogP contribution in [0.1, 0.15) is 18.4 Å². The second kappa shape index (κ2) is 4.89. The van der Waals surface area contributed by atoms with Gasteiger partial charge in [0.05, 0.1) is 11.6 Å². The molecule has 0 radical (unpaired) electrons. The Morgan fingerprint density at radius 2 is 2.16 bits per heavy atom. The van der Waals surface area contributed by atoms with E-state index < -0.39 is 26.2 Å². The average molecular weight is 284 g/mol. The van der Waals surface area contributed by atoms with Crippen molar-refractivity contribution in [2.45, 2.75) is 17.7 Å². The van der Waals surface area contributed by atoms with Crippen molar-refractivity contribution in [1.29, 1.82) is 5.26 Å². The summed E-state index contributed by atoms with van der Waals surface area (Å²) in [5, 5.41) is 17.7. The van der Waals surface area contributed by atoms with E-state index in [2.05, 4.69) is 4.72 Å². The van der Waals surface area contributed by atoms with E-state index in [0.717, 1.165) is 25.0 Å². The van der Waals surface area contributed by atoms with Crippen molar-refractivity contribution in [3.63, 3.8) is 0 Å². The Morgan fingerprint density at radius 1 is 1.47 bits per heavy atom. The summed E-state index contributed by atoms with van der Waals surface area (Å²) < 4.78 is 39.8. The molecule has 0 aromatic heterocycles. The van der Waals surface area contributed by atoms with Gasteiger partial charge >= 0.3 is 0 Å². The predicted molar refractivity (Wildman–Crippen MR) is 65.1 cm³/mol. The molecule has 0 spiro atoms. The summed E-state index contributed by atoms with van der Waals surface area (Å²) in [5.74, 6) is -0.958. The maximum Gasteiger partial charge on any atom is 0.243 e. The summed E-state index contributed by atoms with van der Waals surface area (Å²) in [5.41, 5.74) is -0.332. The number of benzene rings is 1. The smallest absolute Gasteiger partial charge is 0.243 e. The first-order valence-electron chi connectivity index (χ1n) is 5.73. The number of nitrogens with one attached hydrogen (secondary N) is 1. The van der Waals surface area contributed by atoms with E-state index in [-0.39, 0.29) is 18.7 Å². The van der Waals surface area contributed by atoms with Crippen molar-refractivity contribution in [2.75, 3.05) is 13.2 Å². The van der Waals surface area contributed by atoms with Crippen molar-refractivity contribution in [1.82, 2.24) is 4.72 Å². The first-order valence-corrected chi connectivity index (χ1v) is 7.21. The van der Waals surface area contributed by atoms with Crippen molar-refractivity contribution >= 4 is 10.0 Å². The quantitative estimate of drug-likeness (QED) is 0.834. The van der Waals surface area contributed by atoms with Crippen LogP contribution in [0.4, 0.5) is 4.39 Å². The molecule has 1 saturated carbocycles. The van der Waals surface area contributed by atoms with Crippen LogP contribution in [-0.2, 0) is 10.0 Å². The molecule has 0 aliphatic heterocycles. The fraction of sp³-hybridized carbons (Fsp3) is 0.417. The molecule has 0 atom stereocenters. The van der Waals surface area contributed by atoms with Crippen LogP contribution in [0, 0.1) is 22.6 Å². The van der Waals surface area contributed by atoms with Crippen LogP contribution >= 0.6 is 0 Å². The highest BCUT2D eigenvalue weighted by atomic mass is 32.2. The van der Waals surface area contributed by atoms with E-state index in [1.807, 2.05) is 0 Å². The van der Waals surface area contributed by atoms with E-state index in [0.29, 0.717) is 0 Å². The van der Waals surface area contributed by atoms with Crippen molar-refractivity contribution in [2.24, 2.45) is 5.41 Å². The van der Waals surface area contributed by atoms with Gasteiger partial charge in [-0.25, -0.2) is 17.5 Å². The monoisotopic (exact) mass is 284 g/mol. The number of sulfonamides is 1. The van der Waals surface area contributed by atoms with Crippen LogP contribution in [0.3, 0.4) is 0 Å². The molecular formula is C12H13FN2O3S. The molecule has 1 fully saturated rings. The van der Waals surface area contributed by atoms with E-state index in [9.17, 15) is 12.8 Å². The maximum absolute atomic E-state index is 13.6. The summed E-state index contributed by atoms with van der Waals surface area (Å²) in [6, 6.07) is 4.93. The molecule has 19 heavy (non-hydrogen) atoms. The minimum atomic E-state index is -3.96. The number of nitriles is 1. The van der Waals surface area contributed by atoms with Gasteiger partial charge in [-0.1, -0.05) is 0 Å². The van der Waals surface area contributed by atoms with Crippen molar-refractivity contribution in [3.8, 4) is 6.07 Å². The van der Waals surface area contributed by atoms with Crippen LogP contribution in [0.5, 0.6) is 0 Å². The van der Waals surface area contributed by atoms with Gasteiger partial charge in [0.25, 0.3) is 0 Å². The lowest BCUT2D eigenvalue weighted by Crippen LogP contribution is -2.32. The molecule has 1 aromatic carbocycles. The maximum atomic E-state index is 13.6. The lowest BCUT2D eigenvalue weighted by molar-refractivity contribution is 0.213. The summed E-state index contributed by atoms with van der Waals surface area (Å²) in [6.45, 7) is -0.00333. The standard InChI is InChI=1S/C12H13FN2O3S/c13-10-5-9(6-14)1-2-11(10)19(17,18)15-7-12(8-16)3-4-12/h1-2,5,15-16H,3-4,7-8H2. The summed E-state index contributed by atoms with van der Waals surface area (Å²) in [7, 11) is -3.96. The predicted octanol–water partition coefficient (Wildman–Crippen LogP) is 0.748. The number of nitrogens with zero attached hydrogens (tertiary/aromatic N) is 1. The molecule has 1 aromatic rings. The van der Waals surface area contributed by atoms with Gasteiger partial charge in [-0.3, -0.25) is 0 Å². The Hall–Kier alpha value is -1.49. The zero-order valence-corrected chi connectivity index (χ0v) is 10.9. The van der Waals surface area contributed by atoms with Crippen LogP contribution < -0.4 is 4.72 Å². The molecule has 102 valence electrons. The summed E-state index contributed by atoms with van der Waals surface area (Å²) >= 11 is 0. The SMILES string of the molecule is N#Cc1ccc(S(=O)(=O)NCC2(CO)CC2)c(F)c1. The van der Waals surface area contributed by atoms with Gasteiger partial charge in [-0.15, -0.1) is 0 Å². The Balaban J connectivity index is 2.18. The largest absolute Gasteiger partial charge is 0.396 e. The molecule has 5 nitrogen and oxygen atoms in total. The number of rotatable bonds is 5. The second-order valence-electron chi connectivity index (χ2n) is 4.74. The molecule has 0 heterocycles. The highest BCUT2D eigenvalue weighted by Gasteiger charge is 2.42. The lowest BCUT2D eigenvalue weighted by atomic mass is 10.1. The average Bonchev–Trinajstić information content (AvgIpc) is 3.17. The van der Waals surface area contributed by atoms with Gasteiger partial charge in [0, 0.05) is 18.6 Å². The lowest BCUT2D eigenvalue weighted by Gasteiger charge is -2.13. The highest BCUT2D eigenvalue weighted by Crippen LogP contribution is 2.44. The number of aliphatic hydroxyl groups excluding tert-OH is 1. The molecule has 0 amide bonds. The van der Waals surface area contributed by atoms with Gasteiger partial charge in [0.1, 0.15) is 10.7 Å². The van der Waals surface area contributed by atoms with E-state index in [1.165, 1.54) is 6.07 Å². The van der Waals surface area contributed by atoms with Crippen molar-refractivity contribution < 1.29 is 17.9 Å². The van der Waals surface area contributed by atoms with E-state index >= 15 is 0 Å². The van der Waals surface area contributed by atoms with Gasteiger partial charge in [-0.05, 0) is 31.0 Å². The zero-order chi connectivity index (χ0) is 14.1. The van der Waals surface area contributed by atoms with E-state index in [4.69, 9.17) is 10.4 Å². The Bertz CT molecular complexity index is 633. The van der Waals surface area contributed by atoms with Crippen LogP contribution in [0.15, 0.2) is 23.1 Å². The second-order valence-corrected chi connectivity index (χ2v) is 6.48. The number of hydrogen-bond donors (Lipinski definition) is 2. The topological polar surface area (TPSA) is 90.2 Å². The van der Waals surface area contributed by atoms with E-state index in [1.54, 1.807) is 6.07 Å². The molecular weight excluding hydrogens is 271 g/mol. The van der Waals surface area contributed by atoms with Crippen LogP contribution in [-0.4, -0.2) is 26.7 Å². The first kappa shape index (κ1) is 13.9. The van der Waals surface area contributed by atoms with Gasteiger partial charge in [0.2, 0.25) is 10.0 Å². The Labute approximate surface area is 110 Å².